The van der Waals surface area contributed by atoms with Gasteiger partial charge in [0.1, 0.15) is 17.2 Å². The molecule has 6 nitrogen and oxygen atoms in total. The molecule has 0 aliphatic rings. The van der Waals surface area contributed by atoms with Crippen molar-refractivity contribution in [1.82, 2.24) is 4.90 Å². The first kappa shape index (κ1) is 23.3. The summed E-state index contributed by atoms with van der Waals surface area (Å²) in [5, 5.41) is 10.4. The quantitative estimate of drug-likeness (QED) is 0.538. The Labute approximate surface area is 176 Å². The summed E-state index contributed by atoms with van der Waals surface area (Å²) < 4.78 is 24.1. The van der Waals surface area contributed by atoms with E-state index in [1.54, 1.807) is 70.3 Å². The maximum atomic E-state index is 13.6. The molecule has 0 bridgehead atoms. The van der Waals surface area contributed by atoms with Gasteiger partial charge in [0, 0.05) is 7.05 Å². The summed E-state index contributed by atoms with van der Waals surface area (Å²) >= 11 is 0. The van der Waals surface area contributed by atoms with Crippen LogP contribution in [0.1, 0.15) is 44.4 Å². The van der Waals surface area contributed by atoms with Crippen molar-refractivity contribution in [2.24, 2.45) is 0 Å². The number of ether oxygens (including phenoxy) is 2. The van der Waals surface area contributed by atoms with Crippen molar-refractivity contribution < 1.29 is 28.6 Å². The van der Waals surface area contributed by atoms with E-state index in [4.69, 9.17) is 9.47 Å². The lowest BCUT2D eigenvalue weighted by Crippen LogP contribution is -2.36. The second kappa shape index (κ2) is 10.2. The van der Waals surface area contributed by atoms with E-state index in [1.807, 2.05) is 0 Å². The molecular formula is C23H28FNO5. The molecule has 0 radical (unpaired) electrons. The number of amides is 1. The van der Waals surface area contributed by atoms with Crippen molar-refractivity contribution in [2.45, 2.75) is 45.3 Å². The van der Waals surface area contributed by atoms with Crippen molar-refractivity contribution in [3.05, 3.63) is 65.5 Å². The van der Waals surface area contributed by atoms with Gasteiger partial charge in [0.15, 0.2) is 0 Å². The molecule has 2 aromatic carbocycles. The fourth-order valence-electron chi connectivity index (χ4n) is 2.66. The number of hydrogen-bond donors (Lipinski definition) is 1. The molecule has 0 aliphatic carbocycles. The summed E-state index contributed by atoms with van der Waals surface area (Å²) in [6.45, 7) is 5.36. The number of carbonyl (C=O) groups is 2. The Hall–Kier alpha value is -2.93. The monoisotopic (exact) mass is 417 g/mol. The van der Waals surface area contributed by atoms with Crippen LogP contribution in [-0.4, -0.2) is 41.3 Å². The summed E-state index contributed by atoms with van der Waals surface area (Å²) in [6.07, 6.45) is -1.15. The van der Waals surface area contributed by atoms with Gasteiger partial charge in [-0.15, -0.1) is 0 Å². The van der Waals surface area contributed by atoms with E-state index in [2.05, 4.69) is 0 Å². The molecule has 1 unspecified atom stereocenters. The van der Waals surface area contributed by atoms with Crippen molar-refractivity contribution in [3.8, 4) is 5.75 Å². The van der Waals surface area contributed by atoms with Crippen LogP contribution in [0, 0.1) is 5.82 Å². The third-order valence-electron chi connectivity index (χ3n) is 4.20. The molecule has 2 aromatic rings. The molecule has 0 saturated heterocycles. The van der Waals surface area contributed by atoms with E-state index < -0.39 is 23.8 Å². The van der Waals surface area contributed by atoms with Crippen LogP contribution in [0.4, 0.5) is 9.18 Å². The van der Waals surface area contributed by atoms with Gasteiger partial charge >= 0.3 is 12.1 Å². The number of aliphatic hydroxyl groups is 1. The van der Waals surface area contributed by atoms with Gasteiger partial charge < -0.3 is 19.5 Å². The predicted octanol–water partition coefficient (Wildman–Crippen LogP) is 4.26. The average Bonchev–Trinajstić information content (AvgIpc) is 2.66. The van der Waals surface area contributed by atoms with E-state index in [0.717, 1.165) is 0 Å². The van der Waals surface area contributed by atoms with Crippen molar-refractivity contribution >= 4 is 12.1 Å². The number of aliphatic hydroxyl groups excluding tert-OH is 1. The molecule has 0 heterocycles. The summed E-state index contributed by atoms with van der Waals surface area (Å²) in [4.78, 5) is 25.3. The van der Waals surface area contributed by atoms with Gasteiger partial charge in [-0.25, -0.2) is 9.18 Å². The molecule has 0 fully saturated rings. The van der Waals surface area contributed by atoms with E-state index in [-0.39, 0.29) is 25.2 Å². The number of aryl methyl sites for hydroxylation is 1. The molecule has 0 aliphatic heterocycles. The molecule has 162 valence electrons. The Bertz CT molecular complexity index is 861. The first-order valence-electron chi connectivity index (χ1n) is 9.71. The summed E-state index contributed by atoms with van der Waals surface area (Å²) in [6, 6.07) is 12.7. The maximum absolute atomic E-state index is 13.6. The number of halogens is 1. The fourth-order valence-corrected chi connectivity index (χ4v) is 2.66. The standard InChI is InChI=1S/C23H28FNO5/c1-23(2,3)30-22(28)25(4)15-20(26)17-9-12-18(13-10-17)29-21(27)14-11-16-7-5-6-8-19(16)24/h5-10,12-13,20,26H,11,14-15H2,1-4H3. The second-order valence-electron chi connectivity index (χ2n) is 8.01. The van der Waals surface area contributed by atoms with Crippen LogP contribution in [0.5, 0.6) is 5.75 Å². The third-order valence-corrected chi connectivity index (χ3v) is 4.20. The molecule has 30 heavy (non-hydrogen) atoms. The Morgan fingerprint density at radius 1 is 1.10 bits per heavy atom. The van der Waals surface area contributed by atoms with E-state index in [9.17, 15) is 19.1 Å². The number of likely N-dealkylation sites (N-methyl/N-ethyl adjacent to an activating group) is 1. The molecule has 1 atom stereocenters. The zero-order valence-corrected chi connectivity index (χ0v) is 17.7. The number of nitrogens with zero attached hydrogens (tertiary/aromatic N) is 1. The van der Waals surface area contributed by atoms with Crippen LogP contribution in [0.2, 0.25) is 0 Å². The largest absolute Gasteiger partial charge is 0.444 e. The molecule has 7 heteroatoms. The lowest BCUT2D eigenvalue weighted by molar-refractivity contribution is -0.134. The lowest BCUT2D eigenvalue weighted by atomic mass is 10.1. The smallest absolute Gasteiger partial charge is 0.410 e. The van der Waals surface area contributed by atoms with Crippen molar-refractivity contribution in [3.63, 3.8) is 0 Å². The number of rotatable bonds is 7. The number of esters is 1. The molecular weight excluding hydrogens is 389 g/mol. The van der Waals surface area contributed by atoms with E-state index in [1.165, 1.54) is 11.0 Å². The zero-order valence-electron chi connectivity index (χ0n) is 17.7. The van der Waals surface area contributed by atoms with Gasteiger partial charge in [-0.2, -0.15) is 0 Å². The van der Waals surface area contributed by atoms with Gasteiger partial charge in [-0.05, 0) is 56.5 Å². The van der Waals surface area contributed by atoms with E-state index >= 15 is 0 Å². The topological polar surface area (TPSA) is 76.1 Å². The van der Waals surface area contributed by atoms with Gasteiger partial charge in [-0.1, -0.05) is 30.3 Å². The Morgan fingerprint density at radius 2 is 1.73 bits per heavy atom. The fraction of sp³-hybridized carbons (Fsp3) is 0.391. The minimum Gasteiger partial charge on any atom is -0.444 e. The van der Waals surface area contributed by atoms with Crippen molar-refractivity contribution in [1.29, 1.82) is 0 Å². The SMILES string of the molecule is CN(CC(O)c1ccc(OC(=O)CCc2ccccc2F)cc1)C(=O)OC(C)(C)C. The third kappa shape index (κ3) is 7.48. The summed E-state index contributed by atoms with van der Waals surface area (Å²) in [5.74, 6) is -0.499. The number of benzene rings is 2. The molecule has 0 aromatic heterocycles. The first-order chi connectivity index (χ1) is 14.0. The molecule has 0 saturated carbocycles. The van der Waals surface area contributed by atoms with Gasteiger partial charge in [0.2, 0.25) is 0 Å². The minimum atomic E-state index is -0.923. The highest BCUT2D eigenvalue weighted by Gasteiger charge is 2.22. The summed E-state index contributed by atoms with van der Waals surface area (Å²) in [5.41, 5.74) is 0.410. The van der Waals surface area contributed by atoms with E-state index in [0.29, 0.717) is 16.9 Å². The van der Waals surface area contributed by atoms with Crippen LogP contribution >= 0.6 is 0 Å². The number of hydrogen-bond acceptors (Lipinski definition) is 5. The van der Waals surface area contributed by atoms with Gasteiger partial charge in [0.05, 0.1) is 19.1 Å². The zero-order chi connectivity index (χ0) is 22.3. The first-order valence-corrected chi connectivity index (χ1v) is 9.71. The Morgan fingerprint density at radius 3 is 2.33 bits per heavy atom. The normalized spacial score (nSPS) is 12.2. The lowest BCUT2D eigenvalue weighted by Gasteiger charge is -2.26. The summed E-state index contributed by atoms with van der Waals surface area (Å²) in [7, 11) is 1.54. The number of carbonyl (C=O) groups excluding carboxylic acids is 2. The van der Waals surface area contributed by atoms with Crippen LogP contribution in [0.15, 0.2) is 48.5 Å². The van der Waals surface area contributed by atoms with Crippen LogP contribution in [-0.2, 0) is 16.0 Å². The average molecular weight is 417 g/mol. The second-order valence-corrected chi connectivity index (χ2v) is 8.01. The van der Waals surface area contributed by atoms with Crippen LogP contribution in [0.3, 0.4) is 0 Å². The molecule has 1 amide bonds. The molecule has 1 N–H and O–H groups in total. The Kier molecular flexibility index (Phi) is 7.94. The minimum absolute atomic E-state index is 0.0476. The Balaban J connectivity index is 1.85. The molecule has 2 rings (SSSR count). The highest BCUT2D eigenvalue weighted by Crippen LogP contribution is 2.20. The molecule has 0 spiro atoms. The highest BCUT2D eigenvalue weighted by atomic mass is 19.1. The van der Waals surface area contributed by atoms with Crippen LogP contribution in [0.25, 0.3) is 0 Å². The van der Waals surface area contributed by atoms with Gasteiger partial charge in [0.25, 0.3) is 0 Å². The van der Waals surface area contributed by atoms with Crippen molar-refractivity contribution in [2.75, 3.05) is 13.6 Å². The maximum Gasteiger partial charge on any atom is 0.410 e. The predicted molar refractivity (Wildman–Crippen MR) is 111 cm³/mol. The van der Waals surface area contributed by atoms with Crippen LogP contribution < -0.4 is 4.74 Å². The highest BCUT2D eigenvalue weighted by molar-refractivity contribution is 5.72. The van der Waals surface area contributed by atoms with Gasteiger partial charge in [-0.3, -0.25) is 4.79 Å².